The van der Waals surface area contributed by atoms with Crippen LogP contribution < -0.4 is 5.32 Å². The van der Waals surface area contributed by atoms with E-state index >= 15 is 0 Å². The highest BCUT2D eigenvalue weighted by atomic mass is 35.5. The van der Waals surface area contributed by atoms with Crippen molar-refractivity contribution in [1.82, 2.24) is 20.1 Å². The Bertz CT molecular complexity index is 753. The van der Waals surface area contributed by atoms with E-state index in [1.165, 1.54) is 16.8 Å². The summed E-state index contributed by atoms with van der Waals surface area (Å²) in [5.74, 6) is 0. The third kappa shape index (κ3) is 2.51. The van der Waals surface area contributed by atoms with Crippen molar-refractivity contribution in [3.8, 4) is 22.4 Å². The topological polar surface area (TPSA) is 42.7 Å². The SMILES string of the molecule is Cl.c1ccc(-c2nn3c(c2-c2ccncc2)CNCC3)cc1. The first-order valence-electron chi connectivity index (χ1n) is 7.20. The molecule has 4 rings (SSSR count). The summed E-state index contributed by atoms with van der Waals surface area (Å²) < 4.78 is 2.13. The molecule has 0 spiro atoms. The molecule has 2 aromatic heterocycles. The molecule has 0 unspecified atom stereocenters. The normalized spacial score (nSPS) is 13.3. The van der Waals surface area contributed by atoms with Crippen molar-refractivity contribution in [3.05, 3.63) is 60.6 Å². The molecule has 0 atom stereocenters. The van der Waals surface area contributed by atoms with Crippen LogP contribution in [0.2, 0.25) is 0 Å². The Morgan fingerprint density at radius 2 is 1.73 bits per heavy atom. The van der Waals surface area contributed by atoms with Gasteiger partial charge in [0.25, 0.3) is 0 Å². The molecule has 1 aliphatic rings. The molecule has 1 N–H and O–H groups in total. The first-order valence-corrected chi connectivity index (χ1v) is 7.20. The van der Waals surface area contributed by atoms with Gasteiger partial charge in [0.05, 0.1) is 12.2 Å². The minimum atomic E-state index is 0. The lowest BCUT2D eigenvalue weighted by Gasteiger charge is -2.16. The summed E-state index contributed by atoms with van der Waals surface area (Å²) >= 11 is 0. The van der Waals surface area contributed by atoms with Crippen molar-refractivity contribution < 1.29 is 0 Å². The monoisotopic (exact) mass is 312 g/mol. The maximum absolute atomic E-state index is 4.85. The minimum absolute atomic E-state index is 0. The summed E-state index contributed by atoms with van der Waals surface area (Å²) in [6.07, 6.45) is 3.68. The van der Waals surface area contributed by atoms with Crippen molar-refractivity contribution in [2.45, 2.75) is 13.1 Å². The summed E-state index contributed by atoms with van der Waals surface area (Å²) in [7, 11) is 0. The average Bonchev–Trinajstić information content (AvgIpc) is 2.96. The highest BCUT2D eigenvalue weighted by molar-refractivity contribution is 5.85. The Balaban J connectivity index is 0.00000144. The number of fused-ring (bicyclic) bond motifs is 1. The summed E-state index contributed by atoms with van der Waals surface area (Å²) in [6, 6.07) is 14.5. The summed E-state index contributed by atoms with van der Waals surface area (Å²) in [5, 5.41) is 8.29. The molecule has 0 radical (unpaired) electrons. The Hall–Kier alpha value is -2.17. The van der Waals surface area contributed by atoms with Crippen LogP contribution in [0.3, 0.4) is 0 Å². The van der Waals surface area contributed by atoms with Crippen molar-refractivity contribution in [1.29, 1.82) is 0 Å². The lowest BCUT2D eigenvalue weighted by atomic mass is 9.99. The second-order valence-electron chi connectivity index (χ2n) is 5.17. The lowest BCUT2D eigenvalue weighted by Crippen LogP contribution is -2.28. The quantitative estimate of drug-likeness (QED) is 0.790. The van der Waals surface area contributed by atoms with E-state index in [-0.39, 0.29) is 12.4 Å². The van der Waals surface area contributed by atoms with Gasteiger partial charge >= 0.3 is 0 Å². The van der Waals surface area contributed by atoms with Crippen LogP contribution in [0.15, 0.2) is 54.9 Å². The van der Waals surface area contributed by atoms with Crippen LogP contribution in [0.4, 0.5) is 0 Å². The number of nitrogens with zero attached hydrogens (tertiary/aromatic N) is 3. The zero-order valence-electron chi connectivity index (χ0n) is 12.1. The smallest absolute Gasteiger partial charge is 0.100 e. The number of pyridine rings is 1. The number of benzene rings is 1. The highest BCUT2D eigenvalue weighted by Gasteiger charge is 2.22. The van der Waals surface area contributed by atoms with E-state index in [4.69, 9.17) is 5.10 Å². The molecule has 0 bridgehead atoms. The number of hydrogen-bond acceptors (Lipinski definition) is 3. The Kier molecular flexibility index (Phi) is 4.22. The molecule has 0 aliphatic carbocycles. The van der Waals surface area contributed by atoms with Gasteiger partial charge in [0.2, 0.25) is 0 Å². The third-order valence-corrected chi connectivity index (χ3v) is 3.87. The molecule has 3 aromatic rings. The fraction of sp³-hybridized carbons (Fsp3) is 0.176. The Morgan fingerprint density at radius 1 is 0.955 bits per heavy atom. The van der Waals surface area contributed by atoms with Gasteiger partial charge in [0, 0.05) is 36.6 Å². The maximum Gasteiger partial charge on any atom is 0.100 e. The first kappa shape index (κ1) is 14.8. The molecule has 0 saturated carbocycles. The van der Waals surface area contributed by atoms with Gasteiger partial charge in [0.15, 0.2) is 0 Å². The fourth-order valence-corrected chi connectivity index (χ4v) is 2.87. The molecule has 0 fully saturated rings. The standard InChI is InChI=1S/C17H16N4.ClH/c1-2-4-14(5-3-1)17-16(13-6-8-18-9-7-13)15-12-19-10-11-21(15)20-17;/h1-9,19H,10-12H2;1H. The highest BCUT2D eigenvalue weighted by Crippen LogP contribution is 2.34. The second kappa shape index (κ2) is 6.30. The minimum Gasteiger partial charge on any atom is -0.309 e. The van der Waals surface area contributed by atoms with Gasteiger partial charge in [-0.25, -0.2) is 0 Å². The molecule has 112 valence electrons. The maximum atomic E-state index is 4.85. The predicted molar refractivity (Wildman–Crippen MR) is 89.8 cm³/mol. The zero-order chi connectivity index (χ0) is 14.1. The van der Waals surface area contributed by atoms with Crippen molar-refractivity contribution >= 4 is 12.4 Å². The van der Waals surface area contributed by atoms with Crippen LogP contribution in [-0.2, 0) is 13.1 Å². The van der Waals surface area contributed by atoms with E-state index < -0.39 is 0 Å². The molecule has 0 saturated heterocycles. The number of aromatic nitrogens is 3. The lowest BCUT2D eigenvalue weighted by molar-refractivity contribution is 0.477. The number of halogens is 1. The van der Waals surface area contributed by atoms with E-state index in [0.29, 0.717) is 0 Å². The van der Waals surface area contributed by atoms with Crippen molar-refractivity contribution in [2.24, 2.45) is 0 Å². The van der Waals surface area contributed by atoms with Crippen molar-refractivity contribution in [3.63, 3.8) is 0 Å². The number of rotatable bonds is 2. The summed E-state index contributed by atoms with van der Waals surface area (Å²) in [4.78, 5) is 4.13. The third-order valence-electron chi connectivity index (χ3n) is 3.87. The zero-order valence-corrected chi connectivity index (χ0v) is 12.9. The molecule has 3 heterocycles. The second-order valence-corrected chi connectivity index (χ2v) is 5.17. The van der Waals surface area contributed by atoms with Gasteiger partial charge in [-0.15, -0.1) is 12.4 Å². The van der Waals surface area contributed by atoms with E-state index in [2.05, 4.69) is 51.4 Å². The molecule has 5 heteroatoms. The average molecular weight is 313 g/mol. The number of hydrogen-bond donors (Lipinski definition) is 1. The first-order chi connectivity index (χ1) is 10.4. The Labute approximate surface area is 135 Å². The van der Waals surface area contributed by atoms with Crippen LogP contribution in [0.1, 0.15) is 5.69 Å². The molecular formula is C17H17ClN4. The van der Waals surface area contributed by atoms with Crippen LogP contribution in [0.25, 0.3) is 22.4 Å². The fourth-order valence-electron chi connectivity index (χ4n) is 2.87. The van der Waals surface area contributed by atoms with E-state index in [0.717, 1.165) is 30.9 Å². The van der Waals surface area contributed by atoms with Gasteiger partial charge in [-0.1, -0.05) is 30.3 Å². The van der Waals surface area contributed by atoms with Gasteiger partial charge in [0.1, 0.15) is 5.69 Å². The van der Waals surface area contributed by atoms with E-state index in [1.54, 1.807) is 0 Å². The van der Waals surface area contributed by atoms with E-state index in [1.807, 2.05) is 18.5 Å². The van der Waals surface area contributed by atoms with Gasteiger partial charge in [-0.05, 0) is 17.7 Å². The van der Waals surface area contributed by atoms with Crippen molar-refractivity contribution in [2.75, 3.05) is 6.54 Å². The molecule has 22 heavy (non-hydrogen) atoms. The van der Waals surface area contributed by atoms with Gasteiger partial charge < -0.3 is 5.32 Å². The van der Waals surface area contributed by atoms with Gasteiger partial charge in [-0.3, -0.25) is 9.67 Å². The molecule has 1 aromatic carbocycles. The number of nitrogens with one attached hydrogen (secondary N) is 1. The summed E-state index contributed by atoms with van der Waals surface area (Å²) in [6.45, 7) is 2.75. The van der Waals surface area contributed by atoms with Gasteiger partial charge in [-0.2, -0.15) is 5.10 Å². The molecule has 4 nitrogen and oxygen atoms in total. The van der Waals surface area contributed by atoms with Crippen LogP contribution in [-0.4, -0.2) is 21.3 Å². The Morgan fingerprint density at radius 3 is 2.50 bits per heavy atom. The molecule has 0 amide bonds. The molecular weight excluding hydrogens is 296 g/mol. The molecule has 1 aliphatic heterocycles. The van der Waals surface area contributed by atoms with Crippen LogP contribution >= 0.6 is 12.4 Å². The largest absolute Gasteiger partial charge is 0.309 e. The van der Waals surface area contributed by atoms with Crippen LogP contribution in [0, 0.1) is 0 Å². The predicted octanol–water partition coefficient (Wildman–Crippen LogP) is 3.14. The van der Waals surface area contributed by atoms with E-state index in [9.17, 15) is 0 Å². The van der Waals surface area contributed by atoms with Crippen LogP contribution in [0.5, 0.6) is 0 Å². The summed E-state index contributed by atoms with van der Waals surface area (Å²) in [5.41, 5.74) is 5.86.